The van der Waals surface area contributed by atoms with Crippen LogP contribution >= 0.6 is 0 Å². The second-order valence-corrected chi connectivity index (χ2v) is 14.5. The summed E-state index contributed by atoms with van der Waals surface area (Å²) in [5, 5.41) is 9.74. The summed E-state index contributed by atoms with van der Waals surface area (Å²) in [6, 6.07) is 70.3. The first kappa shape index (κ1) is 30.1. The number of benzene rings is 9. The molecule has 3 nitrogen and oxygen atoms in total. The van der Waals surface area contributed by atoms with Crippen LogP contribution in [0.3, 0.4) is 0 Å². The van der Waals surface area contributed by atoms with E-state index in [-0.39, 0.29) is 0 Å². The number of para-hydroxylation sites is 4. The molecule has 0 saturated carbocycles. The molecule has 3 aromatic heterocycles. The largest absolute Gasteiger partial charge is 0.455 e. The molecular weight excluding hydrogens is 669 g/mol. The number of rotatable bonds is 4. The first-order valence-corrected chi connectivity index (χ1v) is 18.8. The number of furan rings is 1. The quantitative estimate of drug-likeness (QED) is 0.179. The fourth-order valence-electron chi connectivity index (χ4n) is 8.96. The number of nitrogens with zero attached hydrogens (tertiary/aromatic N) is 2. The van der Waals surface area contributed by atoms with E-state index in [1.807, 2.05) is 12.1 Å². The summed E-state index contributed by atoms with van der Waals surface area (Å²) in [5.74, 6) is 0. The predicted molar refractivity (Wildman–Crippen MR) is 231 cm³/mol. The van der Waals surface area contributed by atoms with Crippen molar-refractivity contribution in [2.75, 3.05) is 0 Å². The Morgan fingerprint density at radius 3 is 1.60 bits per heavy atom. The Bertz CT molecular complexity index is 3500. The maximum absolute atomic E-state index is 6.45. The number of hydrogen-bond donors (Lipinski definition) is 0. The number of aromatic nitrogens is 2. The van der Waals surface area contributed by atoms with Gasteiger partial charge in [-0.1, -0.05) is 127 Å². The third-order valence-corrected chi connectivity index (χ3v) is 11.5. The van der Waals surface area contributed by atoms with Crippen LogP contribution in [0, 0.1) is 0 Å². The van der Waals surface area contributed by atoms with Gasteiger partial charge in [-0.2, -0.15) is 0 Å². The lowest BCUT2D eigenvalue weighted by Crippen LogP contribution is -1.94. The summed E-state index contributed by atoms with van der Waals surface area (Å²) in [4.78, 5) is 0. The van der Waals surface area contributed by atoms with Crippen molar-refractivity contribution in [3.8, 4) is 33.6 Å². The van der Waals surface area contributed by atoms with Gasteiger partial charge in [0.1, 0.15) is 11.2 Å². The van der Waals surface area contributed by atoms with Crippen LogP contribution in [0.4, 0.5) is 0 Å². The second-order valence-electron chi connectivity index (χ2n) is 14.5. The van der Waals surface area contributed by atoms with Gasteiger partial charge in [-0.15, -0.1) is 0 Å². The molecule has 12 aromatic rings. The maximum Gasteiger partial charge on any atom is 0.143 e. The van der Waals surface area contributed by atoms with E-state index in [4.69, 9.17) is 4.42 Å². The molecule has 3 heteroatoms. The number of hydrogen-bond acceptors (Lipinski definition) is 1. The molecule has 0 amide bonds. The monoisotopic (exact) mass is 700 g/mol. The van der Waals surface area contributed by atoms with Crippen molar-refractivity contribution in [3.63, 3.8) is 0 Å². The van der Waals surface area contributed by atoms with Crippen LogP contribution in [0.15, 0.2) is 199 Å². The standard InChI is InChI=1S/C52H32N2O/c1-2-12-34-29-39(26-23-33(34)11-1)54-48-21-7-4-16-42(48)46-32-36(25-28-50(46)54)35-24-27-49-45(31-35)41-15-3-6-20-47(41)53(49)38-14-9-13-37(30-38)40-18-10-19-44-43-17-5-8-22-51(43)55-52(40)44/h1-32H. The van der Waals surface area contributed by atoms with Gasteiger partial charge in [0.05, 0.1) is 22.1 Å². The lowest BCUT2D eigenvalue weighted by molar-refractivity contribution is 0.670. The van der Waals surface area contributed by atoms with Crippen LogP contribution in [0.5, 0.6) is 0 Å². The van der Waals surface area contributed by atoms with Gasteiger partial charge in [-0.3, -0.25) is 0 Å². The summed E-state index contributed by atoms with van der Waals surface area (Å²) in [7, 11) is 0. The lowest BCUT2D eigenvalue weighted by Gasteiger charge is -2.11. The molecule has 0 N–H and O–H groups in total. The van der Waals surface area contributed by atoms with Crippen LogP contribution in [0.25, 0.3) is 110 Å². The molecule has 0 fully saturated rings. The average molecular weight is 701 g/mol. The molecule has 0 spiro atoms. The molecule has 0 aliphatic rings. The van der Waals surface area contributed by atoms with Crippen molar-refractivity contribution < 1.29 is 4.42 Å². The summed E-state index contributed by atoms with van der Waals surface area (Å²) >= 11 is 0. The molecule has 3 heterocycles. The minimum atomic E-state index is 0.911. The Morgan fingerprint density at radius 2 is 0.873 bits per heavy atom. The smallest absolute Gasteiger partial charge is 0.143 e. The maximum atomic E-state index is 6.45. The molecule has 0 unspecified atom stereocenters. The molecule has 0 saturated heterocycles. The Morgan fingerprint density at radius 1 is 0.309 bits per heavy atom. The van der Waals surface area contributed by atoms with E-state index in [0.717, 1.165) is 38.8 Å². The molecular formula is C52H32N2O. The lowest BCUT2D eigenvalue weighted by atomic mass is 10.0. The molecule has 0 bridgehead atoms. The van der Waals surface area contributed by atoms with Crippen LogP contribution in [-0.2, 0) is 0 Å². The van der Waals surface area contributed by atoms with Gasteiger partial charge in [0.2, 0.25) is 0 Å². The molecule has 55 heavy (non-hydrogen) atoms. The zero-order valence-corrected chi connectivity index (χ0v) is 29.8. The van der Waals surface area contributed by atoms with E-state index in [2.05, 4.69) is 191 Å². The molecule has 0 radical (unpaired) electrons. The Hall–Kier alpha value is -7.36. The average Bonchev–Trinajstić information content (AvgIpc) is 3.91. The SMILES string of the molecule is c1cc(-c2cccc3c2oc2ccccc23)cc(-n2c3ccccc3c3cc(-c4ccc5c(c4)c4ccccc4n5-c4ccc5ccccc5c4)ccc32)c1. The zero-order valence-electron chi connectivity index (χ0n) is 29.8. The van der Waals surface area contributed by atoms with Crippen molar-refractivity contribution in [1.29, 1.82) is 0 Å². The van der Waals surface area contributed by atoms with E-state index in [1.54, 1.807) is 0 Å². The predicted octanol–water partition coefficient (Wildman–Crippen LogP) is 14.3. The normalized spacial score (nSPS) is 12.0. The van der Waals surface area contributed by atoms with Crippen LogP contribution < -0.4 is 0 Å². The van der Waals surface area contributed by atoms with Crippen molar-refractivity contribution in [2.45, 2.75) is 0 Å². The van der Waals surface area contributed by atoms with Gasteiger partial charge in [0.25, 0.3) is 0 Å². The van der Waals surface area contributed by atoms with Gasteiger partial charge in [-0.25, -0.2) is 0 Å². The van der Waals surface area contributed by atoms with Gasteiger partial charge in [0, 0.05) is 49.3 Å². The minimum Gasteiger partial charge on any atom is -0.455 e. The van der Waals surface area contributed by atoms with E-state index >= 15 is 0 Å². The fourth-order valence-corrected chi connectivity index (χ4v) is 8.96. The van der Waals surface area contributed by atoms with Gasteiger partial charge in [-0.05, 0) is 94.2 Å². The first-order valence-electron chi connectivity index (χ1n) is 18.8. The third kappa shape index (κ3) is 4.50. The van der Waals surface area contributed by atoms with Crippen molar-refractivity contribution >= 4 is 76.3 Å². The fraction of sp³-hybridized carbons (Fsp3) is 0. The highest BCUT2D eigenvalue weighted by atomic mass is 16.3. The highest BCUT2D eigenvalue weighted by molar-refractivity contribution is 6.13. The zero-order chi connectivity index (χ0) is 36.0. The summed E-state index contributed by atoms with van der Waals surface area (Å²) in [6.07, 6.45) is 0. The Balaban J connectivity index is 1.00. The highest BCUT2D eigenvalue weighted by Crippen LogP contribution is 2.40. The molecule has 0 aliphatic heterocycles. The molecule has 12 rings (SSSR count). The summed E-state index contributed by atoms with van der Waals surface area (Å²) in [5.41, 5.74) is 13.5. The van der Waals surface area contributed by atoms with Crippen LogP contribution in [-0.4, -0.2) is 9.13 Å². The van der Waals surface area contributed by atoms with Gasteiger partial charge in [0.15, 0.2) is 0 Å². The van der Waals surface area contributed by atoms with E-state index in [9.17, 15) is 0 Å². The van der Waals surface area contributed by atoms with Crippen molar-refractivity contribution in [3.05, 3.63) is 194 Å². The molecule has 9 aromatic carbocycles. The van der Waals surface area contributed by atoms with Crippen molar-refractivity contribution in [1.82, 2.24) is 9.13 Å². The molecule has 256 valence electrons. The summed E-state index contributed by atoms with van der Waals surface area (Å²) in [6.45, 7) is 0. The second kappa shape index (κ2) is 11.6. The van der Waals surface area contributed by atoms with E-state index < -0.39 is 0 Å². The van der Waals surface area contributed by atoms with E-state index in [0.29, 0.717) is 0 Å². The van der Waals surface area contributed by atoms with Crippen LogP contribution in [0.2, 0.25) is 0 Å². The Labute approximate surface area is 316 Å². The Kier molecular flexibility index (Phi) is 6.34. The minimum absolute atomic E-state index is 0.911. The highest BCUT2D eigenvalue weighted by Gasteiger charge is 2.18. The number of fused-ring (bicyclic) bond motifs is 10. The van der Waals surface area contributed by atoms with Crippen molar-refractivity contribution in [2.24, 2.45) is 0 Å². The molecule has 0 aliphatic carbocycles. The summed E-state index contributed by atoms with van der Waals surface area (Å²) < 4.78 is 11.2. The first-order chi connectivity index (χ1) is 27.3. The van der Waals surface area contributed by atoms with Gasteiger partial charge >= 0.3 is 0 Å². The van der Waals surface area contributed by atoms with Crippen LogP contribution in [0.1, 0.15) is 0 Å². The topological polar surface area (TPSA) is 23.0 Å². The third-order valence-electron chi connectivity index (χ3n) is 11.5. The van der Waals surface area contributed by atoms with E-state index in [1.165, 1.54) is 71.2 Å². The molecule has 0 atom stereocenters. The van der Waals surface area contributed by atoms with Gasteiger partial charge < -0.3 is 13.6 Å².